The summed E-state index contributed by atoms with van der Waals surface area (Å²) >= 11 is 0. The molecule has 2 rings (SSSR count). The van der Waals surface area contributed by atoms with Gasteiger partial charge in [0.2, 0.25) is 0 Å². The van der Waals surface area contributed by atoms with Gasteiger partial charge in [-0.15, -0.1) is 0 Å². The fourth-order valence-corrected chi connectivity index (χ4v) is 2.14. The quantitative estimate of drug-likeness (QED) is 0.726. The van der Waals surface area contributed by atoms with Crippen LogP contribution in [0.15, 0.2) is 36.4 Å². The molecule has 2 nitrogen and oxygen atoms in total. The lowest BCUT2D eigenvalue weighted by atomic mass is 9.95. The Balaban J connectivity index is 2.18. The number of ether oxygens (including phenoxy) is 1. The van der Waals surface area contributed by atoms with E-state index in [-0.39, 0.29) is 11.9 Å². The Kier molecular flexibility index (Phi) is 3.40. The molecule has 84 valence electrons. The molecule has 1 aromatic carbocycles. The molecule has 0 bridgehead atoms. The summed E-state index contributed by atoms with van der Waals surface area (Å²) in [6.45, 7) is 2.30. The number of benzene rings is 1. The zero-order valence-electron chi connectivity index (χ0n) is 9.48. The highest BCUT2D eigenvalue weighted by Crippen LogP contribution is 2.34. The number of carbonyl (C=O) groups is 1. The zero-order valence-corrected chi connectivity index (χ0v) is 9.48. The summed E-state index contributed by atoms with van der Waals surface area (Å²) in [4.78, 5) is 11.8. The molecular weight excluding hydrogens is 200 g/mol. The number of allylic oxidation sites excluding steroid dienone is 1. The van der Waals surface area contributed by atoms with Crippen LogP contribution in [-0.2, 0) is 9.53 Å². The first-order valence-electron chi connectivity index (χ1n) is 5.75. The van der Waals surface area contributed by atoms with Crippen LogP contribution >= 0.6 is 0 Å². The maximum Gasteiger partial charge on any atom is 0.313 e. The molecule has 1 aliphatic rings. The van der Waals surface area contributed by atoms with Crippen LogP contribution in [0.5, 0.6) is 0 Å². The predicted octanol–water partition coefficient (Wildman–Crippen LogP) is 3.04. The highest BCUT2D eigenvalue weighted by Gasteiger charge is 2.28. The molecule has 0 fully saturated rings. The smallest absolute Gasteiger partial charge is 0.313 e. The first-order valence-corrected chi connectivity index (χ1v) is 5.75. The highest BCUT2D eigenvalue weighted by atomic mass is 16.5. The van der Waals surface area contributed by atoms with Gasteiger partial charge in [0.05, 0.1) is 12.5 Å². The van der Waals surface area contributed by atoms with Crippen molar-refractivity contribution in [1.29, 1.82) is 0 Å². The van der Waals surface area contributed by atoms with Gasteiger partial charge in [-0.1, -0.05) is 36.4 Å². The fraction of sp³-hybridized carbons (Fsp3) is 0.357. The van der Waals surface area contributed by atoms with E-state index in [4.69, 9.17) is 4.74 Å². The average Bonchev–Trinajstić information content (AvgIpc) is 2.79. The van der Waals surface area contributed by atoms with E-state index in [0.29, 0.717) is 6.61 Å². The maximum atomic E-state index is 11.8. The van der Waals surface area contributed by atoms with E-state index in [1.165, 1.54) is 0 Å². The lowest BCUT2D eigenvalue weighted by Crippen LogP contribution is -2.16. The largest absolute Gasteiger partial charge is 0.466 e. The first kappa shape index (κ1) is 10.9. The van der Waals surface area contributed by atoms with Crippen LogP contribution in [-0.4, -0.2) is 12.6 Å². The van der Waals surface area contributed by atoms with E-state index >= 15 is 0 Å². The van der Waals surface area contributed by atoms with Crippen molar-refractivity contribution in [2.75, 3.05) is 6.61 Å². The van der Waals surface area contributed by atoms with Crippen molar-refractivity contribution in [3.63, 3.8) is 0 Å². The van der Waals surface area contributed by atoms with E-state index in [0.717, 1.165) is 24.0 Å². The van der Waals surface area contributed by atoms with Gasteiger partial charge >= 0.3 is 5.97 Å². The third-order valence-corrected chi connectivity index (χ3v) is 2.87. The summed E-state index contributed by atoms with van der Waals surface area (Å²) in [6.07, 6.45) is 3.99. The van der Waals surface area contributed by atoms with Crippen LogP contribution in [0.25, 0.3) is 5.57 Å². The predicted molar refractivity (Wildman–Crippen MR) is 63.8 cm³/mol. The molecule has 0 N–H and O–H groups in total. The minimum Gasteiger partial charge on any atom is -0.466 e. The van der Waals surface area contributed by atoms with Crippen molar-refractivity contribution in [2.45, 2.75) is 19.8 Å². The Morgan fingerprint density at radius 2 is 2.12 bits per heavy atom. The van der Waals surface area contributed by atoms with E-state index in [2.05, 4.69) is 6.08 Å². The van der Waals surface area contributed by atoms with Crippen LogP contribution in [0.1, 0.15) is 25.3 Å². The summed E-state index contributed by atoms with van der Waals surface area (Å²) in [6, 6.07) is 10.1. The third kappa shape index (κ3) is 2.16. The van der Waals surface area contributed by atoms with Crippen LogP contribution < -0.4 is 0 Å². The second kappa shape index (κ2) is 4.97. The Bertz CT molecular complexity index is 392. The lowest BCUT2D eigenvalue weighted by molar-refractivity contribution is -0.145. The summed E-state index contributed by atoms with van der Waals surface area (Å²) in [7, 11) is 0. The van der Waals surface area contributed by atoms with E-state index in [1.54, 1.807) is 0 Å². The van der Waals surface area contributed by atoms with Crippen molar-refractivity contribution >= 4 is 11.5 Å². The Morgan fingerprint density at radius 3 is 2.81 bits per heavy atom. The highest BCUT2D eigenvalue weighted by molar-refractivity contribution is 5.89. The van der Waals surface area contributed by atoms with Gasteiger partial charge in [0, 0.05) is 0 Å². The molecule has 0 aromatic heterocycles. The van der Waals surface area contributed by atoms with Crippen molar-refractivity contribution in [2.24, 2.45) is 5.92 Å². The van der Waals surface area contributed by atoms with Gasteiger partial charge in [-0.2, -0.15) is 0 Å². The minimum absolute atomic E-state index is 0.0673. The van der Waals surface area contributed by atoms with Gasteiger partial charge in [0.15, 0.2) is 0 Å². The van der Waals surface area contributed by atoms with Crippen LogP contribution in [0.3, 0.4) is 0 Å². The monoisotopic (exact) mass is 216 g/mol. The van der Waals surface area contributed by atoms with Crippen LogP contribution in [0.2, 0.25) is 0 Å². The number of esters is 1. The molecule has 0 aliphatic heterocycles. The number of carbonyl (C=O) groups excluding carboxylic acids is 1. The minimum atomic E-state index is -0.0879. The second-order valence-corrected chi connectivity index (χ2v) is 3.91. The standard InChI is InChI=1S/C14H16O2/c1-2-16-14(15)13-10-6-9-12(13)11-7-4-3-5-8-11/h3-5,7-9,13H,2,6,10H2,1H3. The van der Waals surface area contributed by atoms with Crippen molar-refractivity contribution in [1.82, 2.24) is 0 Å². The van der Waals surface area contributed by atoms with Gasteiger partial charge in [0.25, 0.3) is 0 Å². The SMILES string of the molecule is CCOC(=O)C1CCC=C1c1ccccc1. The normalized spacial score (nSPS) is 19.3. The van der Waals surface area contributed by atoms with E-state index < -0.39 is 0 Å². The van der Waals surface area contributed by atoms with Gasteiger partial charge in [-0.25, -0.2) is 0 Å². The lowest BCUT2D eigenvalue weighted by Gasteiger charge is -2.13. The van der Waals surface area contributed by atoms with Gasteiger partial charge in [-0.05, 0) is 30.9 Å². The molecular formula is C14H16O2. The molecule has 1 atom stereocenters. The Hall–Kier alpha value is -1.57. The summed E-state index contributed by atoms with van der Waals surface area (Å²) < 4.78 is 5.10. The van der Waals surface area contributed by atoms with Crippen molar-refractivity contribution in [3.8, 4) is 0 Å². The number of hydrogen-bond donors (Lipinski definition) is 0. The Morgan fingerprint density at radius 1 is 1.38 bits per heavy atom. The summed E-state index contributed by atoms with van der Waals surface area (Å²) in [5, 5.41) is 0. The Labute approximate surface area is 95.9 Å². The molecule has 0 saturated carbocycles. The zero-order chi connectivity index (χ0) is 11.4. The van der Waals surface area contributed by atoms with Gasteiger partial charge < -0.3 is 4.74 Å². The van der Waals surface area contributed by atoms with Crippen molar-refractivity contribution in [3.05, 3.63) is 42.0 Å². The molecule has 0 heterocycles. The number of hydrogen-bond acceptors (Lipinski definition) is 2. The average molecular weight is 216 g/mol. The molecule has 2 heteroatoms. The van der Waals surface area contributed by atoms with E-state index in [1.807, 2.05) is 37.3 Å². The molecule has 16 heavy (non-hydrogen) atoms. The molecule has 1 aliphatic carbocycles. The molecule has 0 saturated heterocycles. The van der Waals surface area contributed by atoms with Crippen LogP contribution in [0, 0.1) is 5.92 Å². The number of rotatable bonds is 3. The van der Waals surface area contributed by atoms with Crippen molar-refractivity contribution < 1.29 is 9.53 Å². The maximum absolute atomic E-state index is 11.8. The van der Waals surface area contributed by atoms with E-state index in [9.17, 15) is 4.79 Å². The molecule has 0 amide bonds. The first-order chi connectivity index (χ1) is 7.83. The van der Waals surface area contributed by atoms with Gasteiger partial charge in [-0.3, -0.25) is 4.79 Å². The molecule has 1 aromatic rings. The molecule has 0 spiro atoms. The van der Waals surface area contributed by atoms with Gasteiger partial charge in [0.1, 0.15) is 0 Å². The molecule has 1 unspecified atom stereocenters. The topological polar surface area (TPSA) is 26.3 Å². The summed E-state index contributed by atoms with van der Waals surface area (Å²) in [5.74, 6) is -0.155. The molecule has 0 radical (unpaired) electrons. The third-order valence-electron chi connectivity index (χ3n) is 2.87. The van der Waals surface area contributed by atoms with Crippen LogP contribution in [0.4, 0.5) is 0 Å². The summed E-state index contributed by atoms with van der Waals surface area (Å²) in [5.41, 5.74) is 2.26. The fourth-order valence-electron chi connectivity index (χ4n) is 2.14. The second-order valence-electron chi connectivity index (χ2n) is 3.91.